The number of hydrogen-bond acceptors (Lipinski definition) is 6. The van der Waals surface area contributed by atoms with Gasteiger partial charge in [-0.15, -0.1) is 0 Å². The van der Waals surface area contributed by atoms with Gasteiger partial charge in [0.2, 0.25) is 5.91 Å². The molecule has 0 atom stereocenters. The zero-order valence-electron chi connectivity index (χ0n) is 16.2. The summed E-state index contributed by atoms with van der Waals surface area (Å²) in [6.45, 7) is 7.13. The number of halogens is 1. The van der Waals surface area contributed by atoms with Crippen LogP contribution in [-0.2, 0) is 4.74 Å². The number of morpholine rings is 1. The molecule has 1 amide bonds. The summed E-state index contributed by atoms with van der Waals surface area (Å²) < 4.78 is 7.91. The normalized spacial score (nSPS) is 14.5. The van der Waals surface area contributed by atoms with Gasteiger partial charge in [-0.1, -0.05) is 13.5 Å². The van der Waals surface area contributed by atoms with Gasteiger partial charge in [-0.2, -0.15) is 5.10 Å². The molecule has 4 rings (SSSR count). The monoisotopic (exact) mass is 474 g/mol. The van der Waals surface area contributed by atoms with Gasteiger partial charge < -0.3 is 15.8 Å². The predicted molar refractivity (Wildman–Crippen MR) is 122 cm³/mol. The fourth-order valence-electron chi connectivity index (χ4n) is 3.54. The number of aryl methyl sites for hydroxylation is 1. The van der Waals surface area contributed by atoms with Crippen molar-refractivity contribution < 1.29 is 9.53 Å². The van der Waals surface area contributed by atoms with E-state index in [9.17, 15) is 4.79 Å². The summed E-state index contributed by atoms with van der Waals surface area (Å²) in [5, 5.41) is 8.05. The predicted octanol–water partition coefficient (Wildman–Crippen LogP) is 2.95. The van der Waals surface area contributed by atoms with Crippen LogP contribution < -0.4 is 11.1 Å². The second kappa shape index (κ2) is 9.55. The number of fused-ring (bicyclic) bond motifs is 1. The number of primary amides is 1. The van der Waals surface area contributed by atoms with Crippen LogP contribution in [0, 0.1) is 6.92 Å². The zero-order valence-corrected chi connectivity index (χ0v) is 17.8. The van der Waals surface area contributed by atoms with Crippen molar-refractivity contribution in [2.75, 3.05) is 44.7 Å². The van der Waals surface area contributed by atoms with Crippen LogP contribution in [0.15, 0.2) is 35.1 Å². The molecule has 9 heteroatoms. The minimum absolute atomic E-state index is 0. The maximum absolute atomic E-state index is 11.5. The van der Waals surface area contributed by atoms with E-state index in [-0.39, 0.29) is 7.43 Å². The number of ether oxygens (including phenoxy) is 1. The van der Waals surface area contributed by atoms with Crippen LogP contribution >= 0.6 is 15.9 Å². The summed E-state index contributed by atoms with van der Waals surface area (Å²) in [6.07, 6.45) is 1.79. The van der Waals surface area contributed by atoms with Crippen LogP contribution in [0.4, 0.5) is 5.69 Å². The van der Waals surface area contributed by atoms with Crippen LogP contribution in [0.25, 0.3) is 16.9 Å². The Labute approximate surface area is 184 Å². The largest absolute Gasteiger partial charge is 0.381 e. The number of aromatic nitrogens is 3. The third-order valence-corrected chi connectivity index (χ3v) is 5.46. The topological polar surface area (TPSA) is 97.8 Å². The summed E-state index contributed by atoms with van der Waals surface area (Å²) in [4.78, 5) is 18.5. The van der Waals surface area contributed by atoms with Crippen LogP contribution in [0.3, 0.4) is 0 Å². The maximum atomic E-state index is 11.5. The van der Waals surface area contributed by atoms with Gasteiger partial charge in [0.25, 0.3) is 0 Å². The summed E-state index contributed by atoms with van der Waals surface area (Å²) in [7, 11) is 0. The first kappa shape index (κ1) is 22.2. The molecule has 0 spiro atoms. The highest BCUT2D eigenvalue weighted by atomic mass is 79.9. The number of rotatable bonds is 6. The molecule has 0 unspecified atom stereocenters. The van der Waals surface area contributed by atoms with E-state index in [1.54, 1.807) is 16.8 Å². The number of benzene rings is 1. The molecule has 1 aliphatic heterocycles. The molecular weight excluding hydrogens is 448 g/mol. The number of nitrogens with zero attached hydrogens (tertiary/aromatic N) is 4. The first-order chi connectivity index (χ1) is 14.0. The number of carbonyl (C=O) groups is 1. The highest BCUT2D eigenvalue weighted by Gasteiger charge is 2.15. The first-order valence-electron chi connectivity index (χ1n) is 9.52. The molecule has 0 aliphatic carbocycles. The van der Waals surface area contributed by atoms with Gasteiger partial charge in [-0.25, -0.2) is 9.50 Å². The lowest BCUT2D eigenvalue weighted by Crippen LogP contribution is -2.39. The summed E-state index contributed by atoms with van der Waals surface area (Å²) in [5.41, 5.74) is 10.2. The molecule has 160 valence electrons. The number of carbonyl (C=O) groups excluding carboxylic acids is 1. The summed E-state index contributed by atoms with van der Waals surface area (Å²) in [6, 6.07) is 7.47. The molecule has 8 nitrogen and oxygen atoms in total. The van der Waals surface area contributed by atoms with E-state index in [4.69, 9.17) is 10.5 Å². The highest BCUT2D eigenvalue weighted by Crippen LogP contribution is 2.27. The third-order valence-electron chi connectivity index (χ3n) is 5.07. The second-order valence-corrected chi connectivity index (χ2v) is 7.85. The quantitative estimate of drug-likeness (QED) is 0.569. The molecule has 3 N–H and O–H groups in total. The number of anilines is 1. The van der Waals surface area contributed by atoms with Crippen molar-refractivity contribution in [1.82, 2.24) is 19.5 Å². The number of nitrogens with one attached hydrogen (secondary N) is 1. The molecule has 3 aromatic rings. The van der Waals surface area contributed by atoms with Gasteiger partial charge in [0.05, 0.1) is 30.8 Å². The Morgan fingerprint density at radius 1 is 1.30 bits per heavy atom. The molecule has 0 radical (unpaired) electrons. The highest BCUT2D eigenvalue weighted by molar-refractivity contribution is 9.10. The van der Waals surface area contributed by atoms with E-state index in [1.807, 2.05) is 25.1 Å². The van der Waals surface area contributed by atoms with Crippen LogP contribution in [0.5, 0.6) is 0 Å². The second-order valence-electron chi connectivity index (χ2n) is 7.03. The fraction of sp³-hybridized carbons (Fsp3) is 0.381. The average Bonchev–Trinajstić information content (AvgIpc) is 3.12. The average molecular weight is 475 g/mol. The molecule has 0 bridgehead atoms. The zero-order chi connectivity index (χ0) is 20.4. The lowest BCUT2D eigenvalue weighted by Gasteiger charge is -2.26. The smallest absolute Gasteiger partial charge is 0.248 e. The van der Waals surface area contributed by atoms with Gasteiger partial charge in [0.1, 0.15) is 4.60 Å². The lowest BCUT2D eigenvalue weighted by molar-refractivity contribution is 0.0398. The fourth-order valence-corrected chi connectivity index (χ4v) is 3.93. The Morgan fingerprint density at radius 2 is 2.07 bits per heavy atom. The molecule has 1 aromatic carbocycles. The first-order valence-corrected chi connectivity index (χ1v) is 10.3. The van der Waals surface area contributed by atoms with Crippen molar-refractivity contribution in [1.29, 1.82) is 0 Å². The van der Waals surface area contributed by atoms with Crippen molar-refractivity contribution >= 4 is 33.2 Å². The molecule has 0 saturated carbocycles. The van der Waals surface area contributed by atoms with Gasteiger partial charge in [0, 0.05) is 37.3 Å². The van der Waals surface area contributed by atoms with Crippen molar-refractivity contribution in [3.05, 3.63) is 46.2 Å². The molecule has 2 aromatic heterocycles. The van der Waals surface area contributed by atoms with E-state index in [0.717, 1.165) is 67.5 Å². The van der Waals surface area contributed by atoms with Gasteiger partial charge in [-0.3, -0.25) is 9.69 Å². The van der Waals surface area contributed by atoms with Crippen molar-refractivity contribution in [2.24, 2.45) is 5.73 Å². The Kier molecular flexibility index (Phi) is 7.06. The Bertz CT molecular complexity index is 1050. The van der Waals surface area contributed by atoms with E-state index in [1.165, 1.54) is 0 Å². The lowest BCUT2D eigenvalue weighted by atomic mass is 10.0. The van der Waals surface area contributed by atoms with Gasteiger partial charge in [0.15, 0.2) is 5.65 Å². The number of imidazole rings is 1. The minimum Gasteiger partial charge on any atom is -0.381 e. The van der Waals surface area contributed by atoms with E-state index in [2.05, 4.69) is 36.2 Å². The molecule has 3 heterocycles. The van der Waals surface area contributed by atoms with Crippen molar-refractivity contribution in [2.45, 2.75) is 14.4 Å². The molecular formula is C21H27BrN6O2. The summed E-state index contributed by atoms with van der Waals surface area (Å²) in [5.74, 6) is -0.431. The molecule has 1 fully saturated rings. The number of hydrogen-bond donors (Lipinski definition) is 2. The number of amides is 1. The maximum Gasteiger partial charge on any atom is 0.248 e. The van der Waals surface area contributed by atoms with Gasteiger partial charge in [-0.05, 0) is 46.6 Å². The molecule has 1 aliphatic rings. The van der Waals surface area contributed by atoms with Crippen molar-refractivity contribution in [3.8, 4) is 11.3 Å². The Balaban J connectivity index is 0.00000256. The molecule has 30 heavy (non-hydrogen) atoms. The van der Waals surface area contributed by atoms with Crippen LogP contribution in [0.1, 0.15) is 23.3 Å². The third kappa shape index (κ3) is 4.63. The standard InChI is InChI=1S/C20H23BrN6O2.CH4/c1-13-10-14(2-3-15(13)19(22)28)17-12-24-20-16(11-18(21)25-27(17)20)23-4-5-26-6-8-29-9-7-26;/h2-3,10-12,23H,4-9H2,1H3,(H2,22,28);1H4. The Hall–Kier alpha value is -2.49. The molecule has 1 saturated heterocycles. The summed E-state index contributed by atoms with van der Waals surface area (Å²) >= 11 is 3.50. The Morgan fingerprint density at radius 3 is 2.77 bits per heavy atom. The van der Waals surface area contributed by atoms with Crippen LogP contribution in [-0.4, -0.2) is 64.8 Å². The number of nitrogens with two attached hydrogens (primary N) is 1. The van der Waals surface area contributed by atoms with E-state index >= 15 is 0 Å². The van der Waals surface area contributed by atoms with E-state index in [0.29, 0.717) is 10.2 Å². The minimum atomic E-state index is -0.431. The SMILES string of the molecule is C.Cc1cc(-c2cnc3c(NCCN4CCOCC4)cc(Br)nn23)ccc1C(N)=O. The van der Waals surface area contributed by atoms with E-state index < -0.39 is 5.91 Å². The van der Waals surface area contributed by atoms with Crippen LogP contribution in [0.2, 0.25) is 0 Å². The van der Waals surface area contributed by atoms with Crippen molar-refractivity contribution in [3.63, 3.8) is 0 Å². The van der Waals surface area contributed by atoms with Gasteiger partial charge >= 0.3 is 0 Å².